The monoisotopic (exact) mass is 283 g/mol. The number of fused-ring (bicyclic) bond motifs is 1. The Morgan fingerprint density at radius 1 is 1.29 bits per heavy atom. The molecule has 0 aliphatic heterocycles. The molecule has 1 aromatic heterocycles. The summed E-state index contributed by atoms with van der Waals surface area (Å²) < 4.78 is 0. The fourth-order valence-electron chi connectivity index (χ4n) is 2.23. The van der Waals surface area contributed by atoms with E-state index in [2.05, 4.69) is 9.97 Å². The van der Waals surface area contributed by atoms with Gasteiger partial charge < -0.3 is 20.9 Å². The molecule has 0 atom stereocenters. The first kappa shape index (κ1) is 13.1. The maximum atomic E-state index is 11.2. The molecule has 5 N–H and O–H groups in total. The van der Waals surface area contributed by atoms with E-state index in [1.807, 2.05) is 0 Å². The molecule has 6 nitrogen and oxygen atoms in total. The summed E-state index contributed by atoms with van der Waals surface area (Å²) in [5.74, 6) is -0.576. The van der Waals surface area contributed by atoms with E-state index in [9.17, 15) is 15.0 Å². The number of phenolic OH excluding ortho intramolecular Hbond substituents is 1. The lowest BCUT2D eigenvalue weighted by molar-refractivity contribution is 0.0699. The third-order valence-electron chi connectivity index (χ3n) is 3.29. The highest BCUT2D eigenvalue weighted by Gasteiger charge is 2.15. The normalized spacial score (nSPS) is 10.9. The number of nitrogens with one attached hydrogen (secondary N) is 1. The second-order valence-electron chi connectivity index (χ2n) is 4.65. The zero-order valence-corrected chi connectivity index (χ0v) is 11.0. The molecule has 2 aromatic carbocycles. The number of aromatic amines is 1. The maximum absolute atomic E-state index is 11.2. The molecule has 0 fully saturated rings. The molecule has 0 amide bonds. The van der Waals surface area contributed by atoms with E-state index in [0.717, 1.165) is 5.56 Å². The number of para-hydroxylation sites is 1. The summed E-state index contributed by atoms with van der Waals surface area (Å²) >= 11 is 0. The molecule has 0 saturated carbocycles. The van der Waals surface area contributed by atoms with Gasteiger partial charge in [-0.2, -0.15) is 0 Å². The van der Waals surface area contributed by atoms with Gasteiger partial charge in [0.05, 0.1) is 16.6 Å². The third-order valence-corrected chi connectivity index (χ3v) is 3.29. The number of carboxylic acid groups (broad SMARTS) is 1. The van der Waals surface area contributed by atoms with Crippen LogP contribution in [0, 0.1) is 0 Å². The van der Waals surface area contributed by atoms with E-state index in [0.29, 0.717) is 29.0 Å². The van der Waals surface area contributed by atoms with Gasteiger partial charge in [0.1, 0.15) is 17.1 Å². The van der Waals surface area contributed by atoms with Crippen LogP contribution in [0.25, 0.3) is 22.4 Å². The number of carboxylic acids is 1. The number of hydrogen-bond acceptors (Lipinski definition) is 4. The molecular weight excluding hydrogens is 270 g/mol. The van der Waals surface area contributed by atoms with Crippen LogP contribution in [-0.2, 0) is 6.54 Å². The van der Waals surface area contributed by atoms with Crippen LogP contribution < -0.4 is 5.73 Å². The Kier molecular flexibility index (Phi) is 3.08. The van der Waals surface area contributed by atoms with Crippen LogP contribution >= 0.6 is 0 Å². The molecule has 6 heteroatoms. The molecule has 21 heavy (non-hydrogen) atoms. The van der Waals surface area contributed by atoms with Crippen molar-refractivity contribution in [3.8, 4) is 17.1 Å². The van der Waals surface area contributed by atoms with Crippen molar-refractivity contribution in [2.45, 2.75) is 6.54 Å². The van der Waals surface area contributed by atoms with E-state index >= 15 is 0 Å². The number of hydrogen-bond donors (Lipinski definition) is 4. The highest BCUT2D eigenvalue weighted by atomic mass is 16.4. The number of nitrogens with zero attached hydrogens (tertiary/aromatic N) is 1. The Hall–Kier alpha value is -2.86. The van der Waals surface area contributed by atoms with E-state index in [1.165, 1.54) is 6.07 Å². The lowest BCUT2D eigenvalue weighted by Gasteiger charge is -2.03. The molecule has 0 bridgehead atoms. The molecule has 3 rings (SSSR count). The van der Waals surface area contributed by atoms with Crippen molar-refractivity contribution in [1.29, 1.82) is 0 Å². The lowest BCUT2D eigenvalue weighted by Crippen LogP contribution is -1.97. The highest BCUT2D eigenvalue weighted by molar-refractivity contribution is 6.01. The minimum Gasteiger partial charge on any atom is -0.507 e. The standard InChI is InChI=1S/C15H13N3O3/c16-7-8-4-5-12(19)10(6-8)14-17-11-3-1-2-9(15(20)21)13(11)18-14/h1-6,19H,7,16H2,(H,17,18)(H,20,21). The van der Waals surface area contributed by atoms with Gasteiger partial charge >= 0.3 is 5.97 Å². The number of phenols is 1. The topological polar surface area (TPSA) is 112 Å². The van der Waals surface area contributed by atoms with Crippen molar-refractivity contribution < 1.29 is 15.0 Å². The number of nitrogens with two attached hydrogens (primary N) is 1. The Morgan fingerprint density at radius 3 is 2.81 bits per heavy atom. The number of aromatic hydroxyl groups is 1. The Labute approximate surface area is 119 Å². The minimum absolute atomic E-state index is 0.0585. The second-order valence-corrected chi connectivity index (χ2v) is 4.65. The summed E-state index contributed by atoms with van der Waals surface area (Å²) in [7, 11) is 0. The van der Waals surface area contributed by atoms with Crippen LogP contribution in [0.5, 0.6) is 5.75 Å². The molecule has 0 spiro atoms. The van der Waals surface area contributed by atoms with Crippen LogP contribution in [0.2, 0.25) is 0 Å². The number of carbonyl (C=O) groups is 1. The van der Waals surface area contributed by atoms with Gasteiger partial charge in [0.15, 0.2) is 0 Å². The first-order chi connectivity index (χ1) is 10.1. The number of aromatic carboxylic acids is 1. The van der Waals surface area contributed by atoms with E-state index in [-0.39, 0.29) is 11.3 Å². The molecule has 106 valence electrons. The largest absolute Gasteiger partial charge is 0.507 e. The van der Waals surface area contributed by atoms with Gasteiger partial charge in [-0.05, 0) is 29.8 Å². The van der Waals surface area contributed by atoms with E-state index < -0.39 is 5.97 Å². The summed E-state index contributed by atoms with van der Waals surface area (Å²) in [4.78, 5) is 18.5. The van der Waals surface area contributed by atoms with Crippen LogP contribution in [0.3, 0.4) is 0 Å². The van der Waals surface area contributed by atoms with Crippen LogP contribution in [0.1, 0.15) is 15.9 Å². The van der Waals surface area contributed by atoms with Crippen LogP contribution in [0.15, 0.2) is 36.4 Å². The summed E-state index contributed by atoms with van der Waals surface area (Å²) in [6.45, 7) is 0.341. The Bertz CT molecular complexity index is 839. The predicted molar refractivity (Wildman–Crippen MR) is 78.0 cm³/mol. The van der Waals surface area contributed by atoms with Crippen molar-refractivity contribution in [1.82, 2.24) is 9.97 Å². The van der Waals surface area contributed by atoms with E-state index in [1.54, 1.807) is 30.3 Å². The lowest BCUT2D eigenvalue weighted by atomic mass is 10.1. The second kappa shape index (κ2) is 4.92. The van der Waals surface area contributed by atoms with Crippen LogP contribution in [0.4, 0.5) is 0 Å². The predicted octanol–water partition coefficient (Wildman–Crippen LogP) is 2.09. The fraction of sp³-hybridized carbons (Fsp3) is 0.0667. The molecule has 0 saturated heterocycles. The quantitative estimate of drug-likeness (QED) is 0.588. The first-order valence-corrected chi connectivity index (χ1v) is 6.34. The average molecular weight is 283 g/mol. The van der Waals surface area contributed by atoms with Crippen molar-refractivity contribution in [2.75, 3.05) is 0 Å². The number of benzene rings is 2. The summed E-state index contributed by atoms with van der Waals surface area (Å²) in [6.07, 6.45) is 0. The van der Waals surface area contributed by atoms with Crippen LogP contribution in [-0.4, -0.2) is 26.2 Å². The fourth-order valence-corrected chi connectivity index (χ4v) is 2.23. The van der Waals surface area contributed by atoms with Gasteiger partial charge in [0.2, 0.25) is 0 Å². The zero-order valence-electron chi connectivity index (χ0n) is 11.0. The number of H-pyrrole nitrogens is 1. The molecule has 0 unspecified atom stereocenters. The molecule has 0 aliphatic carbocycles. The first-order valence-electron chi connectivity index (χ1n) is 6.34. The molecule has 3 aromatic rings. The van der Waals surface area contributed by atoms with Crippen molar-refractivity contribution in [2.24, 2.45) is 5.73 Å². The highest BCUT2D eigenvalue weighted by Crippen LogP contribution is 2.30. The summed E-state index contributed by atoms with van der Waals surface area (Å²) in [5, 5.41) is 19.2. The van der Waals surface area contributed by atoms with Gasteiger partial charge in [0, 0.05) is 6.54 Å². The van der Waals surface area contributed by atoms with Crippen molar-refractivity contribution >= 4 is 17.0 Å². The van der Waals surface area contributed by atoms with Crippen molar-refractivity contribution in [3.63, 3.8) is 0 Å². The number of aromatic nitrogens is 2. The van der Waals surface area contributed by atoms with Gasteiger partial charge in [0.25, 0.3) is 0 Å². The summed E-state index contributed by atoms with van der Waals surface area (Å²) in [5.41, 5.74) is 8.01. The van der Waals surface area contributed by atoms with E-state index in [4.69, 9.17) is 5.73 Å². The molecule has 1 heterocycles. The SMILES string of the molecule is NCc1ccc(O)c(-c2nc3c(C(=O)O)cccc3[nH]2)c1. The molecular formula is C15H13N3O3. The third kappa shape index (κ3) is 2.21. The Balaban J connectivity index is 2.22. The average Bonchev–Trinajstić information content (AvgIpc) is 2.91. The minimum atomic E-state index is -1.04. The Morgan fingerprint density at radius 2 is 2.10 bits per heavy atom. The van der Waals surface area contributed by atoms with Gasteiger partial charge in [-0.1, -0.05) is 12.1 Å². The smallest absolute Gasteiger partial charge is 0.337 e. The number of imidazole rings is 1. The number of rotatable bonds is 3. The maximum Gasteiger partial charge on any atom is 0.337 e. The van der Waals surface area contributed by atoms with Gasteiger partial charge in [-0.3, -0.25) is 0 Å². The molecule has 0 radical (unpaired) electrons. The van der Waals surface area contributed by atoms with Crippen molar-refractivity contribution in [3.05, 3.63) is 47.5 Å². The van der Waals surface area contributed by atoms with Gasteiger partial charge in [-0.25, -0.2) is 9.78 Å². The zero-order chi connectivity index (χ0) is 15.0. The summed E-state index contributed by atoms with van der Waals surface area (Å²) in [6, 6.07) is 9.87. The molecule has 0 aliphatic rings. The van der Waals surface area contributed by atoms with Gasteiger partial charge in [-0.15, -0.1) is 0 Å².